The van der Waals surface area contributed by atoms with Crippen LogP contribution < -0.4 is 5.32 Å². The van der Waals surface area contributed by atoms with Crippen LogP contribution >= 0.6 is 15.9 Å². The van der Waals surface area contributed by atoms with Gasteiger partial charge in [-0.3, -0.25) is 4.90 Å². The zero-order chi connectivity index (χ0) is 14.5. The van der Waals surface area contributed by atoms with E-state index in [1.807, 2.05) is 30.0 Å². The molecule has 1 aromatic rings. The Morgan fingerprint density at radius 3 is 2.65 bits per heavy atom. The van der Waals surface area contributed by atoms with Gasteiger partial charge in [-0.15, -0.1) is 0 Å². The topological polar surface area (TPSA) is 55.8 Å². The fourth-order valence-corrected chi connectivity index (χ4v) is 2.75. The van der Waals surface area contributed by atoms with Gasteiger partial charge in [0.1, 0.15) is 0 Å². The quantitative estimate of drug-likeness (QED) is 0.882. The summed E-state index contributed by atoms with van der Waals surface area (Å²) in [5.41, 5.74) is 1.88. The molecule has 2 N–H and O–H groups in total. The number of halogens is 1. The van der Waals surface area contributed by atoms with Gasteiger partial charge in [-0.25, -0.2) is 4.79 Å². The Morgan fingerprint density at radius 1 is 1.35 bits per heavy atom. The van der Waals surface area contributed by atoms with Crippen LogP contribution in [0, 0.1) is 6.92 Å². The van der Waals surface area contributed by atoms with Crippen LogP contribution in [0.15, 0.2) is 22.7 Å². The standard InChI is InChI=1S/C14H20BrN3O2/c1-11-10-12(15)2-3-13(11)16-14(20)18-6-4-17(5-7-18)8-9-19/h2-3,10,19H,4-9H2,1H3,(H,16,20). The van der Waals surface area contributed by atoms with Crippen LogP contribution in [0.3, 0.4) is 0 Å². The third-order valence-electron chi connectivity index (χ3n) is 3.51. The van der Waals surface area contributed by atoms with Crippen molar-refractivity contribution in [3.05, 3.63) is 28.2 Å². The Balaban J connectivity index is 1.89. The Hall–Kier alpha value is -1.11. The second-order valence-electron chi connectivity index (χ2n) is 4.94. The van der Waals surface area contributed by atoms with E-state index in [2.05, 4.69) is 26.1 Å². The van der Waals surface area contributed by atoms with E-state index in [1.165, 1.54) is 0 Å². The summed E-state index contributed by atoms with van der Waals surface area (Å²) in [4.78, 5) is 16.2. The summed E-state index contributed by atoms with van der Waals surface area (Å²) in [6.45, 7) is 5.84. The first-order valence-electron chi connectivity index (χ1n) is 6.75. The highest BCUT2D eigenvalue weighted by Gasteiger charge is 2.20. The molecule has 5 nitrogen and oxygen atoms in total. The molecule has 0 unspecified atom stereocenters. The highest BCUT2D eigenvalue weighted by atomic mass is 79.9. The molecule has 110 valence electrons. The molecular formula is C14H20BrN3O2. The van der Waals surface area contributed by atoms with Gasteiger partial charge in [-0.05, 0) is 30.7 Å². The van der Waals surface area contributed by atoms with Crippen LogP contribution in [0.4, 0.5) is 10.5 Å². The van der Waals surface area contributed by atoms with Crippen LogP contribution in [-0.2, 0) is 0 Å². The summed E-state index contributed by atoms with van der Waals surface area (Å²) in [7, 11) is 0. The number of β-amino-alcohol motifs (C(OH)–C–C–N with tert-alkyl or cyclic N) is 1. The summed E-state index contributed by atoms with van der Waals surface area (Å²) < 4.78 is 1.01. The number of carbonyl (C=O) groups is 1. The molecular weight excluding hydrogens is 322 g/mol. The number of hydrogen-bond donors (Lipinski definition) is 2. The molecule has 0 bridgehead atoms. The predicted molar refractivity (Wildman–Crippen MR) is 83.0 cm³/mol. The number of aryl methyl sites for hydroxylation is 1. The van der Waals surface area contributed by atoms with E-state index in [4.69, 9.17) is 5.11 Å². The van der Waals surface area contributed by atoms with Crippen LogP contribution in [-0.4, -0.2) is 60.3 Å². The van der Waals surface area contributed by atoms with Gasteiger partial charge >= 0.3 is 6.03 Å². The van der Waals surface area contributed by atoms with Crippen LogP contribution in [0.5, 0.6) is 0 Å². The largest absolute Gasteiger partial charge is 0.395 e. The lowest BCUT2D eigenvalue weighted by Gasteiger charge is -2.34. The van der Waals surface area contributed by atoms with E-state index < -0.39 is 0 Å². The molecule has 1 fully saturated rings. The highest BCUT2D eigenvalue weighted by molar-refractivity contribution is 9.10. The van der Waals surface area contributed by atoms with Gasteiger partial charge in [0.2, 0.25) is 0 Å². The van der Waals surface area contributed by atoms with Crippen molar-refractivity contribution in [1.82, 2.24) is 9.80 Å². The molecule has 0 radical (unpaired) electrons. The maximum atomic E-state index is 12.2. The van der Waals surface area contributed by atoms with Gasteiger partial charge < -0.3 is 15.3 Å². The molecule has 0 aromatic heterocycles. The minimum Gasteiger partial charge on any atom is -0.395 e. The first-order chi connectivity index (χ1) is 9.60. The molecule has 1 aliphatic heterocycles. The zero-order valence-electron chi connectivity index (χ0n) is 11.6. The Bertz CT molecular complexity index is 473. The van der Waals surface area contributed by atoms with Gasteiger partial charge in [-0.2, -0.15) is 0 Å². The molecule has 1 heterocycles. The smallest absolute Gasteiger partial charge is 0.321 e. The second kappa shape index (κ2) is 7.06. The molecule has 2 rings (SSSR count). The van der Waals surface area contributed by atoms with Crippen molar-refractivity contribution in [3.8, 4) is 0 Å². The third-order valence-corrected chi connectivity index (χ3v) is 4.00. The molecule has 0 atom stereocenters. The third kappa shape index (κ3) is 3.94. The van der Waals surface area contributed by atoms with Gasteiger partial charge in [0.05, 0.1) is 6.61 Å². The SMILES string of the molecule is Cc1cc(Br)ccc1NC(=O)N1CCN(CCO)CC1. The van der Waals surface area contributed by atoms with Crippen molar-refractivity contribution in [2.75, 3.05) is 44.6 Å². The molecule has 1 aromatic carbocycles. The number of urea groups is 1. The lowest BCUT2D eigenvalue weighted by Crippen LogP contribution is -2.50. The van der Waals surface area contributed by atoms with Crippen molar-refractivity contribution < 1.29 is 9.90 Å². The first-order valence-corrected chi connectivity index (χ1v) is 7.55. The first kappa shape index (κ1) is 15.3. The predicted octanol–water partition coefficient (Wildman–Crippen LogP) is 1.90. The monoisotopic (exact) mass is 341 g/mol. The van der Waals surface area contributed by atoms with E-state index in [0.717, 1.165) is 28.8 Å². The van der Waals surface area contributed by atoms with E-state index in [0.29, 0.717) is 19.6 Å². The maximum absolute atomic E-state index is 12.2. The summed E-state index contributed by atoms with van der Waals surface area (Å²) in [5.74, 6) is 0. The lowest BCUT2D eigenvalue weighted by molar-refractivity contribution is 0.127. The van der Waals surface area contributed by atoms with Crippen molar-refractivity contribution in [3.63, 3.8) is 0 Å². The van der Waals surface area contributed by atoms with Crippen molar-refractivity contribution in [2.24, 2.45) is 0 Å². The minimum atomic E-state index is -0.0564. The molecule has 1 saturated heterocycles. The number of rotatable bonds is 3. The average molecular weight is 342 g/mol. The molecule has 6 heteroatoms. The molecule has 1 aliphatic rings. The normalized spacial score (nSPS) is 16.2. The van der Waals surface area contributed by atoms with Crippen molar-refractivity contribution >= 4 is 27.6 Å². The molecule has 0 spiro atoms. The number of nitrogens with one attached hydrogen (secondary N) is 1. The number of carbonyl (C=O) groups excluding carboxylic acids is 1. The zero-order valence-corrected chi connectivity index (χ0v) is 13.2. The van der Waals surface area contributed by atoms with E-state index in [9.17, 15) is 4.79 Å². The van der Waals surface area contributed by atoms with E-state index in [1.54, 1.807) is 0 Å². The van der Waals surface area contributed by atoms with Crippen molar-refractivity contribution in [2.45, 2.75) is 6.92 Å². The number of piperazine rings is 1. The molecule has 0 aliphatic carbocycles. The molecule has 2 amide bonds. The highest BCUT2D eigenvalue weighted by Crippen LogP contribution is 2.20. The summed E-state index contributed by atoms with van der Waals surface area (Å²) >= 11 is 3.41. The van der Waals surface area contributed by atoms with Crippen molar-refractivity contribution in [1.29, 1.82) is 0 Å². The van der Waals surface area contributed by atoms with Crippen LogP contribution in [0.25, 0.3) is 0 Å². The van der Waals surface area contributed by atoms with E-state index in [-0.39, 0.29) is 12.6 Å². The number of anilines is 1. The van der Waals surface area contributed by atoms with Gasteiger partial charge in [0.25, 0.3) is 0 Å². The number of aliphatic hydroxyl groups excluding tert-OH is 1. The Kier molecular flexibility index (Phi) is 5.39. The maximum Gasteiger partial charge on any atom is 0.321 e. The number of amides is 2. The Labute approximate surface area is 127 Å². The Morgan fingerprint density at radius 2 is 2.05 bits per heavy atom. The lowest BCUT2D eigenvalue weighted by atomic mass is 10.2. The fourth-order valence-electron chi connectivity index (χ4n) is 2.28. The van der Waals surface area contributed by atoms with Gasteiger partial charge in [0.15, 0.2) is 0 Å². The summed E-state index contributed by atoms with van der Waals surface area (Å²) in [6, 6.07) is 5.75. The summed E-state index contributed by atoms with van der Waals surface area (Å²) in [5, 5.41) is 11.9. The fraction of sp³-hybridized carbons (Fsp3) is 0.500. The van der Waals surface area contributed by atoms with Crippen LogP contribution in [0.2, 0.25) is 0 Å². The molecule has 20 heavy (non-hydrogen) atoms. The van der Waals surface area contributed by atoms with Crippen LogP contribution in [0.1, 0.15) is 5.56 Å². The second-order valence-corrected chi connectivity index (χ2v) is 5.86. The number of hydrogen-bond acceptors (Lipinski definition) is 3. The number of aliphatic hydroxyl groups is 1. The minimum absolute atomic E-state index is 0.0564. The average Bonchev–Trinajstić information content (AvgIpc) is 2.43. The number of benzene rings is 1. The van der Waals surface area contributed by atoms with Gasteiger partial charge in [0, 0.05) is 42.9 Å². The molecule has 0 saturated carbocycles. The van der Waals surface area contributed by atoms with E-state index >= 15 is 0 Å². The number of nitrogens with zero attached hydrogens (tertiary/aromatic N) is 2. The summed E-state index contributed by atoms with van der Waals surface area (Å²) in [6.07, 6.45) is 0. The van der Waals surface area contributed by atoms with Gasteiger partial charge in [-0.1, -0.05) is 15.9 Å².